The third-order valence-electron chi connectivity index (χ3n) is 3.76. The van der Waals surface area contributed by atoms with Gasteiger partial charge in [-0.2, -0.15) is 0 Å². The molecule has 0 bridgehead atoms. The molecule has 0 saturated carbocycles. The molecule has 3 N–H and O–H groups in total. The Balaban J connectivity index is 0.00000162. The van der Waals surface area contributed by atoms with Crippen molar-refractivity contribution in [3.63, 3.8) is 0 Å². The molecule has 3 unspecified atom stereocenters. The predicted octanol–water partition coefficient (Wildman–Crippen LogP) is 0.0486. The number of amides is 2. The first kappa shape index (κ1) is 15.2. The number of piperidine rings is 1. The molecule has 2 aliphatic heterocycles. The zero-order valence-electron chi connectivity index (χ0n) is 10.7. The van der Waals surface area contributed by atoms with E-state index in [2.05, 4.69) is 22.9 Å². The number of nitrogens with one attached hydrogen (secondary N) is 3. The molecule has 2 amide bonds. The van der Waals surface area contributed by atoms with E-state index in [0.717, 1.165) is 19.5 Å². The lowest BCUT2D eigenvalue weighted by molar-refractivity contribution is -0.127. The molecule has 2 saturated heterocycles. The van der Waals surface area contributed by atoms with Crippen molar-refractivity contribution in [1.29, 1.82) is 0 Å². The van der Waals surface area contributed by atoms with Crippen LogP contribution in [0.4, 0.5) is 0 Å². The van der Waals surface area contributed by atoms with Gasteiger partial charge in [-0.1, -0.05) is 0 Å². The van der Waals surface area contributed by atoms with Crippen LogP contribution in [0.5, 0.6) is 0 Å². The van der Waals surface area contributed by atoms with Gasteiger partial charge in [0.1, 0.15) is 0 Å². The lowest BCUT2D eigenvalue weighted by atomic mass is 9.92. The van der Waals surface area contributed by atoms with E-state index in [4.69, 9.17) is 0 Å². The van der Waals surface area contributed by atoms with Crippen LogP contribution >= 0.6 is 12.4 Å². The molecule has 0 aromatic heterocycles. The standard InChI is InChI=1S/C12H21N3O2.ClH/c1-8(9-3-2-4-13-6-9)15-12(17)10-5-11(16)14-7-10;/h8-10,13H,2-7H2,1H3,(H,14,16)(H,15,17);1H. The molecule has 2 fully saturated rings. The van der Waals surface area contributed by atoms with E-state index in [9.17, 15) is 9.59 Å². The monoisotopic (exact) mass is 275 g/mol. The molecule has 0 aliphatic carbocycles. The Morgan fingerprint density at radius 2 is 2.22 bits per heavy atom. The molecule has 6 heteroatoms. The predicted molar refractivity (Wildman–Crippen MR) is 71.6 cm³/mol. The lowest BCUT2D eigenvalue weighted by Gasteiger charge is -2.29. The van der Waals surface area contributed by atoms with Crippen LogP contribution in [0.1, 0.15) is 26.2 Å². The van der Waals surface area contributed by atoms with Crippen LogP contribution in [0, 0.1) is 11.8 Å². The fraction of sp³-hybridized carbons (Fsp3) is 0.833. The molecule has 18 heavy (non-hydrogen) atoms. The Bertz CT molecular complexity index is 306. The second kappa shape index (κ2) is 6.95. The number of carbonyl (C=O) groups excluding carboxylic acids is 2. The summed E-state index contributed by atoms with van der Waals surface area (Å²) in [6, 6.07) is 0.186. The minimum Gasteiger partial charge on any atom is -0.355 e. The van der Waals surface area contributed by atoms with Crippen molar-refractivity contribution in [1.82, 2.24) is 16.0 Å². The van der Waals surface area contributed by atoms with Gasteiger partial charge in [0, 0.05) is 19.0 Å². The van der Waals surface area contributed by atoms with Gasteiger partial charge < -0.3 is 16.0 Å². The number of carbonyl (C=O) groups is 2. The minimum absolute atomic E-state index is 0. The van der Waals surface area contributed by atoms with E-state index in [1.54, 1.807) is 0 Å². The number of halogens is 1. The van der Waals surface area contributed by atoms with Crippen molar-refractivity contribution in [2.75, 3.05) is 19.6 Å². The van der Waals surface area contributed by atoms with Gasteiger partial charge >= 0.3 is 0 Å². The van der Waals surface area contributed by atoms with E-state index in [1.807, 2.05) is 0 Å². The summed E-state index contributed by atoms with van der Waals surface area (Å²) in [5.74, 6) is 0.331. The molecular formula is C12H22ClN3O2. The maximum Gasteiger partial charge on any atom is 0.225 e. The fourth-order valence-electron chi connectivity index (χ4n) is 2.56. The van der Waals surface area contributed by atoms with Crippen LogP contribution in [0.15, 0.2) is 0 Å². The molecule has 0 aromatic carbocycles. The van der Waals surface area contributed by atoms with Gasteiger partial charge in [-0.3, -0.25) is 9.59 Å². The zero-order chi connectivity index (χ0) is 12.3. The smallest absolute Gasteiger partial charge is 0.225 e. The van der Waals surface area contributed by atoms with E-state index >= 15 is 0 Å². The first-order chi connectivity index (χ1) is 8.16. The second-order valence-corrected chi connectivity index (χ2v) is 5.11. The molecule has 2 rings (SSSR count). The van der Waals surface area contributed by atoms with Crippen LogP contribution in [-0.2, 0) is 9.59 Å². The SMILES string of the molecule is CC(NC(=O)C1CNC(=O)C1)C1CCCNC1.Cl. The summed E-state index contributed by atoms with van der Waals surface area (Å²) >= 11 is 0. The maximum absolute atomic E-state index is 11.9. The van der Waals surface area contributed by atoms with Gasteiger partial charge in [0.2, 0.25) is 11.8 Å². The largest absolute Gasteiger partial charge is 0.355 e. The molecule has 5 nitrogen and oxygen atoms in total. The Morgan fingerprint density at radius 1 is 1.44 bits per heavy atom. The quantitative estimate of drug-likeness (QED) is 0.682. The highest BCUT2D eigenvalue weighted by molar-refractivity contribution is 5.89. The zero-order valence-corrected chi connectivity index (χ0v) is 11.5. The summed E-state index contributed by atoms with van der Waals surface area (Å²) in [6.07, 6.45) is 2.67. The van der Waals surface area contributed by atoms with Crippen LogP contribution in [0.2, 0.25) is 0 Å². The summed E-state index contributed by atoms with van der Waals surface area (Å²) in [5, 5.41) is 9.08. The van der Waals surface area contributed by atoms with Crippen molar-refractivity contribution in [2.45, 2.75) is 32.2 Å². The molecular weight excluding hydrogens is 254 g/mol. The summed E-state index contributed by atoms with van der Waals surface area (Å²) in [4.78, 5) is 23.0. The van der Waals surface area contributed by atoms with Crippen molar-refractivity contribution < 1.29 is 9.59 Å². The third-order valence-corrected chi connectivity index (χ3v) is 3.76. The second-order valence-electron chi connectivity index (χ2n) is 5.11. The Hall–Kier alpha value is -0.810. The minimum atomic E-state index is -0.179. The van der Waals surface area contributed by atoms with Gasteiger partial charge in [0.15, 0.2) is 0 Å². The van der Waals surface area contributed by atoms with Gasteiger partial charge in [-0.15, -0.1) is 12.4 Å². The Morgan fingerprint density at radius 3 is 2.78 bits per heavy atom. The van der Waals surface area contributed by atoms with Crippen LogP contribution in [0.3, 0.4) is 0 Å². The molecule has 3 atom stereocenters. The van der Waals surface area contributed by atoms with Crippen LogP contribution in [-0.4, -0.2) is 37.5 Å². The van der Waals surface area contributed by atoms with E-state index in [0.29, 0.717) is 18.9 Å². The number of hydrogen-bond donors (Lipinski definition) is 3. The molecule has 0 radical (unpaired) electrons. The molecule has 2 heterocycles. The van der Waals surface area contributed by atoms with Crippen LogP contribution in [0.25, 0.3) is 0 Å². The van der Waals surface area contributed by atoms with Gasteiger partial charge in [0.05, 0.1) is 5.92 Å². The van der Waals surface area contributed by atoms with Gasteiger partial charge in [-0.05, 0) is 38.8 Å². The molecule has 2 aliphatic rings. The first-order valence-electron chi connectivity index (χ1n) is 6.44. The topological polar surface area (TPSA) is 70.2 Å². The van der Waals surface area contributed by atoms with Crippen LogP contribution < -0.4 is 16.0 Å². The van der Waals surface area contributed by atoms with E-state index < -0.39 is 0 Å². The average Bonchev–Trinajstić information content (AvgIpc) is 2.77. The summed E-state index contributed by atoms with van der Waals surface area (Å²) in [7, 11) is 0. The lowest BCUT2D eigenvalue weighted by Crippen LogP contribution is -2.46. The Kier molecular flexibility index (Phi) is 5.88. The van der Waals surface area contributed by atoms with Crippen molar-refractivity contribution >= 4 is 24.2 Å². The highest BCUT2D eigenvalue weighted by Gasteiger charge is 2.30. The van der Waals surface area contributed by atoms with E-state index in [-0.39, 0.29) is 36.2 Å². The summed E-state index contributed by atoms with van der Waals surface area (Å²) < 4.78 is 0. The molecule has 0 spiro atoms. The van der Waals surface area contributed by atoms with Crippen molar-refractivity contribution in [3.05, 3.63) is 0 Å². The number of hydrogen-bond acceptors (Lipinski definition) is 3. The highest BCUT2D eigenvalue weighted by Crippen LogP contribution is 2.16. The van der Waals surface area contributed by atoms with Gasteiger partial charge in [0.25, 0.3) is 0 Å². The van der Waals surface area contributed by atoms with Gasteiger partial charge in [-0.25, -0.2) is 0 Å². The van der Waals surface area contributed by atoms with Crippen molar-refractivity contribution in [2.24, 2.45) is 11.8 Å². The third kappa shape index (κ3) is 3.85. The average molecular weight is 276 g/mol. The first-order valence-corrected chi connectivity index (χ1v) is 6.44. The summed E-state index contributed by atoms with van der Waals surface area (Å²) in [6.45, 7) is 4.60. The normalized spacial score (nSPS) is 29.1. The molecule has 104 valence electrons. The molecule has 0 aromatic rings. The number of rotatable bonds is 3. The highest BCUT2D eigenvalue weighted by atomic mass is 35.5. The summed E-state index contributed by atoms with van der Waals surface area (Å²) in [5.41, 5.74) is 0. The van der Waals surface area contributed by atoms with E-state index in [1.165, 1.54) is 6.42 Å². The fourth-order valence-corrected chi connectivity index (χ4v) is 2.56. The maximum atomic E-state index is 11.9. The Labute approximate surface area is 114 Å². The van der Waals surface area contributed by atoms with Crippen molar-refractivity contribution in [3.8, 4) is 0 Å².